The second-order valence-electron chi connectivity index (χ2n) is 4.95. The highest BCUT2D eigenvalue weighted by molar-refractivity contribution is 5.76. The standard InChI is InChI=1S/C12H24N2O/c1-9-5-3-7-11(9)14-12(15)8-4-6-10(2)13/h9-11H,3-8,13H2,1-2H3,(H,14,15). The number of carbonyl (C=O) groups excluding carboxylic acids is 1. The molecular formula is C12H24N2O. The first-order chi connectivity index (χ1) is 7.09. The van der Waals surface area contributed by atoms with Crippen LogP contribution in [0.4, 0.5) is 0 Å². The van der Waals surface area contributed by atoms with E-state index < -0.39 is 0 Å². The number of nitrogens with one attached hydrogen (secondary N) is 1. The van der Waals surface area contributed by atoms with Gasteiger partial charge in [-0.15, -0.1) is 0 Å². The van der Waals surface area contributed by atoms with Gasteiger partial charge in [0.25, 0.3) is 0 Å². The van der Waals surface area contributed by atoms with Crippen molar-refractivity contribution in [1.82, 2.24) is 5.32 Å². The predicted molar refractivity (Wildman–Crippen MR) is 62.4 cm³/mol. The van der Waals surface area contributed by atoms with E-state index in [1.54, 1.807) is 0 Å². The van der Waals surface area contributed by atoms with Gasteiger partial charge in [0.1, 0.15) is 0 Å². The molecule has 1 aliphatic rings. The fraction of sp³-hybridized carbons (Fsp3) is 0.917. The average molecular weight is 212 g/mol. The molecule has 1 amide bonds. The third-order valence-electron chi connectivity index (χ3n) is 3.27. The first-order valence-electron chi connectivity index (χ1n) is 6.14. The Morgan fingerprint density at radius 1 is 1.53 bits per heavy atom. The molecule has 3 heteroatoms. The van der Waals surface area contributed by atoms with E-state index >= 15 is 0 Å². The summed E-state index contributed by atoms with van der Waals surface area (Å²) in [5.41, 5.74) is 5.63. The minimum absolute atomic E-state index is 0.203. The number of rotatable bonds is 5. The van der Waals surface area contributed by atoms with Crippen molar-refractivity contribution < 1.29 is 4.79 Å². The van der Waals surface area contributed by atoms with Crippen molar-refractivity contribution in [3.8, 4) is 0 Å². The Kier molecular flexibility index (Phi) is 5.09. The van der Waals surface area contributed by atoms with Gasteiger partial charge in [-0.25, -0.2) is 0 Å². The van der Waals surface area contributed by atoms with Crippen LogP contribution in [0, 0.1) is 5.92 Å². The predicted octanol–water partition coefficient (Wildman–Crippen LogP) is 1.81. The number of hydrogen-bond donors (Lipinski definition) is 2. The molecule has 0 bridgehead atoms. The minimum atomic E-state index is 0.203. The zero-order chi connectivity index (χ0) is 11.3. The number of nitrogens with two attached hydrogens (primary N) is 1. The molecule has 0 radical (unpaired) electrons. The van der Waals surface area contributed by atoms with Crippen molar-refractivity contribution in [2.24, 2.45) is 11.7 Å². The largest absolute Gasteiger partial charge is 0.353 e. The highest BCUT2D eigenvalue weighted by atomic mass is 16.1. The summed E-state index contributed by atoms with van der Waals surface area (Å²) in [4.78, 5) is 11.6. The van der Waals surface area contributed by atoms with E-state index in [0.717, 1.165) is 19.3 Å². The molecule has 0 aromatic carbocycles. The van der Waals surface area contributed by atoms with Gasteiger partial charge in [-0.2, -0.15) is 0 Å². The summed E-state index contributed by atoms with van der Waals surface area (Å²) in [6, 6.07) is 0.635. The van der Waals surface area contributed by atoms with Gasteiger partial charge >= 0.3 is 0 Å². The van der Waals surface area contributed by atoms with Crippen LogP contribution in [0.25, 0.3) is 0 Å². The molecule has 0 spiro atoms. The average Bonchev–Trinajstić information content (AvgIpc) is 2.51. The summed E-state index contributed by atoms with van der Waals surface area (Å²) in [6.45, 7) is 4.21. The molecule has 3 N–H and O–H groups in total. The molecule has 0 aromatic heterocycles. The van der Waals surface area contributed by atoms with E-state index in [1.165, 1.54) is 12.8 Å². The summed E-state index contributed by atoms with van der Waals surface area (Å²) in [5.74, 6) is 0.858. The van der Waals surface area contributed by atoms with Gasteiger partial charge in [-0.3, -0.25) is 4.79 Å². The van der Waals surface area contributed by atoms with Crippen LogP contribution in [0.1, 0.15) is 52.4 Å². The number of carbonyl (C=O) groups is 1. The Balaban J connectivity index is 2.12. The maximum Gasteiger partial charge on any atom is 0.220 e. The van der Waals surface area contributed by atoms with E-state index in [0.29, 0.717) is 18.4 Å². The van der Waals surface area contributed by atoms with Crippen LogP contribution in [0.2, 0.25) is 0 Å². The number of amides is 1. The molecule has 88 valence electrons. The third-order valence-corrected chi connectivity index (χ3v) is 3.27. The van der Waals surface area contributed by atoms with Gasteiger partial charge < -0.3 is 11.1 Å². The summed E-state index contributed by atoms with van der Waals surface area (Å²) in [7, 11) is 0. The van der Waals surface area contributed by atoms with Crippen LogP contribution in [-0.2, 0) is 4.79 Å². The van der Waals surface area contributed by atoms with E-state index in [9.17, 15) is 4.79 Å². The van der Waals surface area contributed by atoms with Crippen LogP contribution in [0.3, 0.4) is 0 Å². The van der Waals surface area contributed by atoms with Crippen molar-refractivity contribution in [2.75, 3.05) is 0 Å². The van der Waals surface area contributed by atoms with Gasteiger partial charge in [-0.1, -0.05) is 13.3 Å². The van der Waals surface area contributed by atoms with Crippen LogP contribution >= 0.6 is 0 Å². The van der Waals surface area contributed by atoms with Crippen LogP contribution < -0.4 is 11.1 Å². The van der Waals surface area contributed by atoms with E-state index in [4.69, 9.17) is 5.73 Å². The second-order valence-corrected chi connectivity index (χ2v) is 4.95. The zero-order valence-electron chi connectivity index (χ0n) is 9.96. The maximum atomic E-state index is 11.6. The van der Waals surface area contributed by atoms with Gasteiger partial charge in [0.05, 0.1) is 0 Å². The lowest BCUT2D eigenvalue weighted by atomic mass is 10.1. The van der Waals surface area contributed by atoms with Gasteiger partial charge in [0.2, 0.25) is 5.91 Å². The quantitative estimate of drug-likeness (QED) is 0.730. The summed E-state index contributed by atoms with van der Waals surface area (Å²) in [5, 5.41) is 3.12. The summed E-state index contributed by atoms with van der Waals surface area (Å²) < 4.78 is 0. The molecule has 0 aromatic rings. The third kappa shape index (κ3) is 4.65. The smallest absolute Gasteiger partial charge is 0.220 e. The van der Waals surface area contributed by atoms with Crippen LogP contribution in [0.15, 0.2) is 0 Å². The molecule has 0 heterocycles. The number of hydrogen-bond acceptors (Lipinski definition) is 2. The van der Waals surface area contributed by atoms with E-state index in [2.05, 4.69) is 12.2 Å². The Morgan fingerprint density at radius 2 is 2.27 bits per heavy atom. The van der Waals surface area contributed by atoms with Crippen LogP contribution in [0.5, 0.6) is 0 Å². The molecule has 1 aliphatic carbocycles. The molecule has 0 saturated heterocycles. The molecule has 3 atom stereocenters. The monoisotopic (exact) mass is 212 g/mol. The minimum Gasteiger partial charge on any atom is -0.353 e. The molecule has 1 rings (SSSR count). The van der Waals surface area contributed by atoms with Gasteiger partial charge in [-0.05, 0) is 38.5 Å². The molecule has 3 unspecified atom stereocenters. The molecule has 1 saturated carbocycles. The van der Waals surface area contributed by atoms with E-state index in [-0.39, 0.29) is 11.9 Å². The molecule has 3 nitrogen and oxygen atoms in total. The Morgan fingerprint density at radius 3 is 2.80 bits per heavy atom. The fourth-order valence-electron chi connectivity index (χ4n) is 2.22. The van der Waals surface area contributed by atoms with Crippen molar-refractivity contribution in [3.05, 3.63) is 0 Å². The molecule has 1 fully saturated rings. The van der Waals surface area contributed by atoms with Crippen molar-refractivity contribution in [1.29, 1.82) is 0 Å². The van der Waals surface area contributed by atoms with Crippen molar-refractivity contribution >= 4 is 5.91 Å². The molecule has 0 aliphatic heterocycles. The lowest BCUT2D eigenvalue weighted by Crippen LogP contribution is -2.36. The Labute approximate surface area is 92.8 Å². The lowest BCUT2D eigenvalue weighted by Gasteiger charge is -2.17. The zero-order valence-corrected chi connectivity index (χ0v) is 9.96. The Bertz CT molecular complexity index is 204. The first-order valence-corrected chi connectivity index (χ1v) is 6.14. The van der Waals surface area contributed by atoms with Crippen LogP contribution in [-0.4, -0.2) is 18.0 Å². The summed E-state index contributed by atoms with van der Waals surface area (Å²) >= 11 is 0. The maximum absolute atomic E-state index is 11.6. The summed E-state index contributed by atoms with van der Waals surface area (Å²) in [6.07, 6.45) is 6.14. The van der Waals surface area contributed by atoms with E-state index in [1.807, 2.05) is 6.92 Å². The first kappa shape index (κ1) is 12.5. The second kappa shape index (κ2) is 6.11. The topological polar surface area (TPSA) is 55.1 Å². The highest BCUT2D eigenvalue weighted by Crippen LogP contribution is 2.24. The van der Waals surface area contributed by atoms with Crippen molar-refractivity contribution in [3.63, 3.8) is 0 Å². The SMILES string of the molecule is CC(N)CCCC(=O)NC1CCCC1C. The molecule has 15 heavy (non-hydrogen) atoms. The van der Waals surface area contributed by atoms with Gasteiger partial charge in [0, 0.05) is 18.5 Å². The highest BCUT2D eigenvalue weighted by Gasteiger charge is 2.24. The normalized spacial score (nSPS) is 27.7. The van der Waals surface area contributed by atoms with Crippen molar-refractivity contribution in [2.45, 2.75) is 64.5 Å². The Hall–Kier alpha value is -0.570. The fourth-order valence-corrected chi connectivity index (χ4v) is 2.22. The lowest BCUT2D eigenvalue weighted by molar-refractivity contribution is -0.122. The van der Waals surface area contributed by atoms with Gasteiger partial charge in [0.15, 0.2) is 0 Å². The molecular weight excluding hydrogens is 188 g/mol.